The largest absolute Gasteiger partial charge is 0.372 e. The molecule has 0 aliphatic carbocycles. The lowest BCUT2D eigenvalue weighted by molar-refractivity contribution is 0.183. The van der Waals surface area contributed by atoms with Crippen molar-refractivity contribution in [3.05, 3.63) is 23.9 Å². The van der Waals surface area contributed by atoms with Crippen molar-refractivity contribution in [3.63, 3.8) is 0 Å². The maximum Gasteiger partial charge on any atom is 0.0303 e. The summed E-state index contributed by atoms with van der Waals surface area (Å²) >= 11 is 0. The average molecular weight is 208 g/mol. The summed E-state index contributed by atoms with van der Waals surface area (Å²) in [5.74, 6) is 0. The van der Waals surface area contributed by atoms with Crippen molar-refractivity contribution in [1.82, 2.24) is 9.80 Å². The molecule has 0 aromatic heterocycles. The lowest BCUT2D eigenvalue weighted by Crippen LogP contribution is -2.43. The van der Waals surface area contributed by atoms with Gasteiger partial charge in [0.15, 0.2) is 0 Å². The van der Waals surface area contributed by atoms with E-state index in [-0.39, 0.29) is 0 Å². The predicted molar refractivity (Wildman–Crippen MR) is 66.9 cm³/mol. The molecule has 1 aliphatic heterocycles. The smallest absolute Gasteiger partial charge is 0.0303 e. The summed E-state index contributed by atoms with van der Waals surface area (Å²) in [5.41, 5.74) is 1.48. The molecule has 0 unspecified atom stereocenters. The first-order chi connectivity index (χ1) is 7.27. The highest BCUT2D eigenvalue weighted by Crippen LogP contribution is 2.12. The fourth-order valence-electron chi connectivity index (χ4n) is 1.86. The van der Waals surface area contributed by atoms with E-state index in [0.29, 0.717) is 0 Å². The molecule has 0 amide bonds. The minimum atomic E-state index is 1.12. The Bertz CT molecular complexity index is 223. The molecule has 0 aromatic carbocycles. The summed E-state index contributed by atoms with van der Waals surface area (Å²) in [6, 6.07) is 0. The Labute approximate surface area is 94.3 Å². The standard InChI is InChI=1S/C13H24N2/c1-4-6-7-8-13(5-2)15-11-9-14(3)10-12-15/h6-8H,4-5,9-12H2,1-3H3/b7-6-,13-8+. The molecule has 15 heavy (non-hydrogen) atoms. The van der Waals surface area contributed by atoms with Gasteiger partial charge in [0.05, 0.1) is 0 Å². The number of hydrogen-bond acceptors (Lipinski definition) is 2. The van der Waals surface area contributed by atoms with Crippen LogP contribution in [0.2, 0.25) is 0 Å². The van der Waals surface area contributed by atoms with E-state index in [0.717, 1.165) is 12.8 Å². The molecule has 1 heterocycles. The zero-order chi connectivity index (χ0) is 11.1. The monoisotopic (exact) mass is 208 g/mol. The Morgan fingerprint density at radius 3 is 2.33 bits per heavy atom. The van der Waals surface area contributed by atoms with Crippen molar-refractivity contribution in [3.8, 4) is 0 Å². The highest BCUT2D eigenvalue weighted by atomic mass is 15.2. The van der Waals surface area contributed by atoms with E-state index in [4.69, 9.17) is 0 Å². The molecule has 2 nitrogen and oxygen atoms in total. The number of piperazine rings is 1. The molecular formula is C13H24N2. The zero-order valence-corrected chi connectivity index (χ0v) is 10.4. The van der Waals surface area contributed by atoms with Gasteiger partial charge in [0, 0.05) is 31.9 Å². The maximum atomic E-state index is 2.51. The Morgan fingerprint density at radius 2 is 1.80 bits per heavy atom. The van der Waals surface area contributed by atoms with Gasteiger partial charge in [-0.05, 0) is 26.0 Å². The van der Waals surface area contributed by atoms with Gasteiger partial charge in [-0.1, -0.05) is 26.0 Å². The number of rotatable bonds is 4. The summed E-state index contributed by atoms with van der Waals surface area (Å²) in [6.07, 6.45) is 8.94. The number of likely N-dealkylation sites (N-methyl/N-ethyl adjacent to an activating group) is 1. The molecule has 0 atom stereocenters. The van der Waals surface area contributed by atoms with E-state index in [1.54, 1.807) is 0 Å². The van der Waals surface area contributed by atoms with E-state index in [9.17, 15) is 0 Å². The minimum Gasteiger partial charge on any atom is -0.372 e. The first kappa shape index (κ1) is 12.3. The average Bonchev–Trinajstić information content (AvgIpc) is 2.26. The second-order valence-corrected chi connectivity index (χ2v) is 4.14. The normalized spacial score (nSPS) is 20.2. The van der Waals surface area contributed by atoms with Crippen molar-refractivity contribution in [2.75, 3.05) is 33.2 Å². The first-order valence-electron chi connectivity index (χ1n) is 6.07. The summed E-state index contributed by atoms with van der Waals surface area (Å²) in [6.45, 7) is 9.14. The van der Waals surface area contributed by atoms with Crippen molar-refractivity contribution in [2.45, 2.75) is 26.7 Å². The van der Waals surface area contributed by atoms with Crippen LogP contribution in [0.3, 0.4) is 0 Å². The molecule has 0 saturated carbocycles. The lowest BCUT2D eigenvalue weighted by Gasteiger charge is -2.35. The molecule has 0 radical (unpaired) electrons. The molecule has 86 valence electrons. The van der Waals surface area contributed by atoms with Crippen molar-refractivity contribution < 1.29 is 0 Å². The Hall–Kier alpha value is -0.760. The molecule has 2 heteroatoms. The van der Waals surface area contributed by atoms with E-state index in [2.05, 4.69) is 48.9 Å². The molecule has 1 saturated heterocycles. The number of hydrogen-bond donors (Lipinski definition) is 0. The van der Waals surface area contributed by atoms with Crippen LogP contribution in [0.4, 0.5) is 0 Å². The molecule has 1 aliphatic rings. The van der Waals surface area contributed by atoms with E-state index >= 15 is 0 Å². The van der Waals surface area contributed by atoms with E-state index in [1.807, 2.05) is 0 Å². The minimum absolute atomic E-state index is 1.12. The van der Waals surface area contributed by atoms with Crippen LogP contribution < -0.4 is 0 Å². The Balaban J connectivity index is 2.51. The predicted octanol–water partition coefficient (Wildman–Crippen LogP) is 2.49. The summed E-state index contributed by atoms with van der Waals surface area (Å²) in [5, 5.41) is 0. The second-order valence-electron chi connectivity index (χ2n) is 4.14. The van der Waals surface area contributed by atoms with Gasteiger partial charge in [-0.2, -0.15) is 0 Å². The fraction of sp³-hybridized carbons (Fsp3) is 0.692. The third kappa shape index (κ3) is 4.08. The Morgan fingerprint density at radius 1 is 1.13 bits per heavy atom. The van der Waals surface area contributed by atoms with Gasteiger partial charge >= 0.3 is 0 Å². The van der Waals surface area contributed by atoms with Crippen LogP contribution in [-0.2, 0) is 0 Å². The highest BCUT2D eigenvalue weighted by molar-refractivity contribution is 5.12. The van der Waals surface area contributed by atoms with E-state index < -0.39 is 0 Å². The molecule has 1 fully saturated rings. The SMILES string of the molecule is CC/C=C\C=C(/CC)N1CCN(C)CC1. The molecule has 0 spiro atoms. The van der Waals surface area contributed by atoms with Crippen LogP contribution in [0.25, 0.3) is 0 Å². The molecule has 0 bridgehead atoms. The van der Waals surface area contributed by atoms with Crippen molar-refractivity contribution in [2.24, 2.45) is 0 Å². The van der Waals surface area contributed by atoms with Crippen molar-refractivity contribution >= 4 is 0 Å². The fourth-order valence-corrected chi connectivity index (χ4v) is 1.86. The van der Waals surface area contributed by atoms with E-state index in [1.165, 1.54) is 31.9 Å². The van der Waals surface area contributed by atoms with Gasteiger partial charge in [0.25, 0.3) is 0 Å². The second kappa shape index (κ2) is 6.67. The summed E-state index contributed by atoms with van der Waals surface area (Å²) in [7, 11) is 2.20. The van der Waals surface area contributed by atoms with Gasteiger partial charge in [0.1, 0.15) is 0 Å². The zero-order valence-electron chi connectivity index (χ0n) is 10.4. The lowest BCUT2D eigenvalue weighted by atomic mass is 10.2. The van der Waals surface area contributed by atoms with Gasteiger partial charge < -0.3 is 9.80 Å². The maximum absolute atomic E-state index is 2.51. The third-order valence-electron chi connectivity index (χ3n) is 2.93. The van der Waals surface area contributed by atoms with Crippen LogP contribution in [0.5, 0.6) is 0 Å². The van der Waals surface area contributed by atoms with Crippen LogP contribution >= 0.6 is 0 Å². The van der Waals surface area contributed by atoms with Crippen LogP contribution in [0.15, 0.2) is 23.9 Å². The topological polar surface area (TPSA) is 6.48 Å². The number of nitrogens with zero attached hydrogens (tertiary/aromatic N) is 2. The first-order valence-corrected chi connectivity index (χ1v) is 6.07. The van der Waals surface area contributed by atoms with Gasteiger partial charge in [-0.3, -0.25) is 0 Å². The summed E-state index contributed by atoms with van der Waals surface area (Å²) < 4.78 is 0. The molecule has 0 N–H and O–H groups in total. The molecule has 1 rings (SSSR count). The molecule has 0 aromatic rings. The van der Waals surface area contributed by atoms with Crippen molar-refractivity contribution in [1.29, 1.82) is 0 Å². The van der Waals surface area contributed by atoms with Gasteiger partial charge in [0.2, 0.25) is 0 Å². The molecular weight excluding hydrogens is 184 g/mol. The van der Waals surface area contributed by atoms with Gasteiger partial charge in [-0.25, -0.2) is 0 Å². The van der Waals surface area contributed by atoms with Crippen LogP contribution in [0.1, 0.15) is 26.7 Å². The third-order valence-corrected chi connectivity index (χ3v) is 2.93. The van der Waals surface area contributed by atoms with Crippen LogP contribution in [-0.4, -0.2) is 43.0 Å². The quantitative estimate of drug-likeness (QED) is 0.655. The van der Waals surface area contributed by atoms with Gasteiger partial charge in [-0.15, -0.1) is 0 Å². The highest BCUT2D eigenvalue weighted by Gasteiger charge is 2.14. The Kier molecular flexibility index (Phi) is 5.48. The summed E-state index contributed by atoms with van der Waals surface area (Å²) in [4.78, 5) is 4.91. The van der Waals surface area contributed by atoms with Crippen LogP contribution in [0, 0.1) is 0 Å². The number of allylic oxidation sites excluding steroid dienone is 4.